The molecule has 0 amide bonds. The van der Waals surface area contributed by atoms with Gasteiger partial charge in [0.2, 0.25) is 11.7 Å². The van der Waals surface area contributed by atoms with E-state index in [4.69, 9.17) is 18.7 Å². The number of ether oxygens (including phenoxy) is 3. The smallest absolute Gasteiger partial charge is 0.335 e. The van der Waals surface area contributed by atoms with Gasteiger partial charge in [-0.25, -0.2) is 4.79 Å². The van der Waals surface area contributed by atoms with Crippen LogP contribution in [-0.2, 0) is 25.6 Å². The first kappa shape index (κ1) is 15.9. The summed E-state index contributed by atoms with van der Waals surface area (Å²) >= 11 is 0. The molecule has 1 fully saturated rings. The molecule has 2 heterocycles. The van der Waals surface area contributed by atoms with Gasteiger partial charge in [0.25, 0.3) is 0 Å². The van der Waals surface area contributed by atoms with Gasteiger partial charge >= 0.3 is 5.97 Å². The van der Waals surface area contributed by atoms with Gasteiger partial charge in [-0.3, -0.25) is 0 Å². The van der Waals surface area contributed by atoms with Crippen LogP contribution in [-0.4, -0.2) is 41.5 Å². The van der Waals surface area contributed by atoms with Crippen molar-refractivity contribution in [2.75, 3.05) is 13.2 Å². The van der Waals surface area contributed by atoms with E-state index in [0.29, 0.717) is 18.3 Å². The Morgan fingerprint density at radius 3 is 2.86 bits per heavy atom. The molecule has 2 atom stereocenters. The molecule has 0 bridgehead atoms. The topological polar surface area (TPSA) is 83.7 Å². The van der Waals surface area contributed by atoms with Crippen molar-refractivity contribution in [3.63, 3.8) is 0 Å². The average molecular weight is 298 g/mol. The molecular formula is C14H22N2O5. The summed E-state index contributed by atoms with van der Waals surface area (Å²) in [6.45, 7) is 6.73. The number of hydrogen-bond donors (Lipinski definition) is 0. The minimum atomic E-state index is -0.634. The van der Waals surface area contributed by atoms with Crippen LogP contribution in [0.3, 0.4) is 0 Å². The monoisotopic (exact) mass is 298 g/mol. The summed E-state index contributed by atoms with van der Waals surface area (Å²) in [5, 5.41) is 3.75. The molecule has 7 nitrogen and oxygen atoms in total. The first-order valence-electron chi connectivity index (χ1n) is 7.28. The van der Waals surface area contributed by atoms with Gasteiger partial charge in [-0.15, -0.1) is 0 Å². The lowest BCUT2D eigenvalue weighted by Crippen LogP contribution is -2.27. The Hall–Kier alpha value is -1.47. The van der Waals surface area contributed by atoms with E-state index in [1.54, 1.807) is 6.92 Å². The normalized spacial score (nSPS) is 19.9. The predicted molar refractivity (Wildman–Crippen MR) is 72.6 cm³/mol. The number of rotatable bonds is 7. The molecule has 1 aromatic rings. The minimum absolute atomic E-state index is 0.0112. The van der Waals surface area contributed by atoms with Crippen molar-refractivity contribution >= 4 is 5.97 Å². The molecule has 1 aromatic heterocycles. The Kier molecular flexibility index (Phi) is 5.69. The number of aromatic nitrogens is 2. The van der Waals surface area contributed by atoms with Gasteiger partial charge in [-0.1, -0.05) is 19.0 Å². The Morgan fingerprint density at radius 2 is 2.24 bits per heavy atom. The van der Waals surface area contributed by atoms with Crippen molar-refractivity contribution in [2.24, 2.45) is 0 Å². The molecule has 0 aliphatic carbocycles. The van der Waals surface area contributed by atoms with Gasteiger partial charge in [-0.2, -0.15) is 4.98 Å². The third kappa shape index (κ3) is 4.78. The summed E-state index contributed by atoms with van der Waals surface area (Å²) in [6, 6.07) is 0. The highest BCUT2D eigenvalue weighted by Crippen LogP contribution is 2.14. The summed E-state index contributed by atoms with van der Waals surface area (Å²) in [5.41, 5.74) is 0. The molecule has 1 aliphatic heterocycles. The Balaban J connectivity index is 1.69. The van der Waals surface area contributed by atoms with Gasteiger partial charge in [0, 0.05) is 12.5 Å². The zero-order valence-corrected chi connectivity index (χ0v) is 12.7. The lowest BCUT2D eigenvalue weighted by atomic mass is 10.2. The lowest BCUT2D eigenvalue weighted by Gasteiger charge is -2.14. The summed E-state index contributed by atoms with van der Waals surface area (Å²) in [4.78, 5) is 15.9. The first-order valence-corrected chi connectivity index (χ1v) is 7.28. The molecular weight excluding hydrogens is 276 g/mol. The summed E-state index contributed by atoms with van der Waals surface area (Å²) in [7, 11) is 0. The fourth-order valence-electron chi connectivity index (χ4n) is 1.91. The third-order valence-electron chi connectivity index (χ3n) is 3.21. The van der Waals surface area contributed by atoms with E-state index in [1.165, 1.54) is 0 Å². The van der Waals surface area contributed by atoms with E-state index in [-0.39, 0.29) is 18.6 Å². The van der Waals surface area contributed by atoms with Gasteiger partial charge in [0.1, 0.15) is 0 Å². The maximum Gasteiger partial charge on any atom is 0.335 e. The molecule has 118 valence electrons. The highest BCUT2D eigenvalue weighted by atomic mass is 16.6. The van der Waals surface area contributed by atoms with Crippen molar-refractivity contribution < 1.29 is 23.5 Å². The van der Waals surface area contributed by atoms with E-state index in [0.717, 1.165) is 19.4 Å². The van der Waals surface area contributed by atoms with Crippen LogP contribution in [0.25, 0.3) is 0 Å². The van der Waals surface area contributed by atoms with Crippen molar-refractivity contribution in [1.82, 2.24) is 10.1 Å². The molecule has 1 aliphatic rings. The molecule has 0 N–H and O–H groups in total. The number of carbonyl (C=O) groups is 1. The zero-order valence-electron chi connectivity index (χ0n) is 12.7. The fraction of sp³-hybridized carbons (Fsp3) is 0.786. The molecule has 0 spiro atoms. The van der Waals surface area contributed by atoms with E-state index in [9.17, 15) is 4.79 Å². The molecule has 1 saturated heterocycles. The van der Waals surface area contributed by atoms with E-state index in [1.807, 2.05) is 13.8 Å². The van der Waals surface area contributed by atoms with Gasteiger partial charge in [0.15, 0.2) is 12.7 Å². The van der Waals surface area contributed by atoms with Crippen LogP contribution in [0, 0.1) is 0 Å². The lowest BCUT2D eigenvalue weighted by molar-refractivity contribution is -0.159. The minimum Gasteiger partial charge on any atom is -0.455 e. The van der Waals surface area contributed by atoms with Gasteiger partial charge in [0.05, 0.1) is 12.7 Å². The second kappa shape index (κ2) is 7.51. The second-order valence-corrected chi connectivity index (χ2v) is 5.42. The second-order valence-electron chi connectivity index (χ2n) is 5.42. The molecule has 0 saturated carbocycles. The molecule has 0 aromatic carbocycles. The SMILES string of the molecule is CC(OCC1CCCO1)C(=O)OCc1noc(C(C)C)n1. The van der Waals surface area contributed by atoms with Crippen molar-refractivity contribution in [1.29, 1.82) is 0 Å². The quantitative estimate of drug-likeness (QED) is 0.710. The van der Waals surface area contributed by atoms with Crippen LogP contribution in [0.2, 0.25) is 0 Å². The first-order chi connectivity index (χ1) is 10.1. The van der Waals surface area contributed by atoms with Crippen LogP contribution >= 0.6 is 0 Å². The summed E-state index contributed by atoms with van der Waals surface area (Å²) in [6.07, 6.45) is 1.47. The standard InChI is InChI=1S/C14H22N2O5/c1-9(2)13-15-12(16-21-13)8-20-14(17)10(3)19-7-11-5-4-6-18-11/h9-11H,4-8H2,1-3H3. The van der Waals surface area contributed by atoms with E-state index in [2.05, 4.69) is 10.1 Å². The Bertz CT molecular complexity index is 454. The maximum atomic E-state index is 11.8. The average Bonchev–Trinajstić information content (AvgIpc) is 3.13. The predicted octanol–water partition coefficient (Wildman–Crippen LogP) is 1.82. The number of esters is 1. The van der Waals surface area contributed by atoms with Crippen LogP contribution in [0.4, 0.5) is 0 Å². The fourth-order valence-corrected chi connectivity index (χ4v) is 1.91. The molecule has 21 heavy (non-hydrogen) atoms. The van der Waals surface area contributed by atoms with Crippen molar-refractivity contribution in [3.8, 4) is 0 Å². The molecule has 0 radical (unpaired) electrons. The largest absolute Gasteiger partial charge is 0.455 e. The van der Waals surface area contributed by atoms with Crippen LogP contribution in [0.15, 0.2) is 4.52 Å². The van der Waals surface area contributed by atoms with Crippen LogP contribution in [0.1, 0.15) is 51.2 Å². The summed E-state index contributed by atoms with van der Waals surface area (Å²) < 4.78 is 21.0. The molecule has 7 heteroatoms. The molecule has 2 rings (SSSR count). The highest BCUT2D eigenvalue weighted by molar-refractivity contribution is 5.74. The van der Waals surface area contributed by atoms with Crippen LogP contribution in [0.5, 0.6) is 0 Å². The summed E-state index contributed by atoms with van der Waals surface area (Å²) in [5.74, 6) is 0.599. The maximum absolute atomic E-state index is 11.8. The number of nitrogens with zero attached hydrogens (tertiary/aromatic N) is 2. The number of hydrogen-bond acceptors (Lipinski definition) is 7. The van der Waals surface area contributed by atoms with Gasteiger partial charge in [-0.05, 0) is 19.8 Å². The Morgan fingerprint density at radius 1 is 1.43 bits per heavy atom. The van der Waals surface area contributed by atoms with Crippen molar-refractivity contribution in [2.45, 2.75) is 58.3 Å². The highest BCUT2D eigenvalue weighted by Gasteiger charge is 2.21. The van der Waals surface area contributed by atoms with Gasteiger partial charge < -0.3 is 18.7 Å². The van der Waals surface area contributed by atoms with E-state index < -0.39 is 12.1 Å². The number of carbonyl (C=O) groups excluding carboxylic acids is 1. The van der Waals surface area contributed by atoms with Crippen molar-refractivity contribution in [3.05, 3.63) is 11.7 Å². The van der Waals surface area contributed by atoms with Crippen LogP contribution < -0.4 is 0 Å². The third-order valence-corrected chi connectivity index (χ3v) is 3.21. The Labute approximate surface area is 123 Å². The molecule has 2 unspecified atom stereocenters. The van der Waals surface area contributed by atoms with E-state index >= 15 is 0 Å². The zero-order chi connectivity index (χ0) is 15.2.